The van der Waals surface area contributed by atoms with Crippen molar-refractivity contribution in [3.05, 3.63) is 11.8 Å². The van der Waals surface area contributed by atoms with Gasteiger partial charge in [0.15, 0.2) is 0 Å². The number of likely N-dealkylation sites (N-methyl/N-ethyl adjacent to an activating group) is 1. The Kier molecular flexibility index (Phi) is 3.35. The lowest BCUT2D eigenvalue weighted by Crippen LogP contribution is -2.44. The molecule has 0 aromatic carbocycles. The van der Waals surface area contributed by atoms with Crippen molar-refractivity contribution in [1.82, 2.24) is 5.32 Å². The van der Waals surface area contributed by atoms with Crippen LogP contribution in [0.5, 0.6) is 0 Å². The van der Waals surface area contributed by atoms with Gasteiger partial charge in [0.1, 0.15) is 5.76 Å². The predicted octanol–water partition coefficient (Wildman–Crippen LogP) is 2.85. The van der Waals surface area contributed by atoms with E-state index in [2.05, 4.69) is 25.4 Å². The van der Waals surface area contributed by atoms with Gasteiger partial charge < -0.3 is 10.1 Å². The van der Waals surface area contributed by atoms with E-state index in [9.17, 15) is 0 Å². The first-order valence-electron chi connectivity index (χ1n) is 6.26. The van der Waals surface area contributed by atoms with Crippen molar-refractivity contribution in [3.63, 3.8) is 0 Å². The molecule has 1 aliphatic carbocycles. The molecular weight excluding hydrogens is 186 g/mol. The quantitative estimate of drug-likeness (QED) is 0.771. The zero-order valence-corrected chi connectivity index (χ0v) is 10.0. The highest BCUT2D eigenvalue weighted by molar-refractivity contribution is 5.12. The molecule has 2 nitrogen and oxygen atoms in total. The third kappa shape index (κ3) is 2.20. The van der Waals surface area contributed by atoms with Gasteiger partial charge in [0.2, 0.25) is 0 Å². The van der Waals surface area contributed by atoms with Crippen molar-refractivity contribution < 1.29 is 4.74 Å². The highest BCUT2D eigenvalue weighted by atomic mass is 16.5. The molecule has 1 N–H and O–H groups in total. The van der Waals surface area contributed by atoms with E-state index in [-0.39, 0.29) is 0 Å². The first-order chi connectivity index (χ1) is 7.26. The molecule has 1 heterocycles. The van der Waals surface area contributed by atoms with Gasteiger partial charge in [0, 0.05) is 6.42 Å². The van der Waals surface area contributed by atoms with Crippen molar-refractivity contribution in [2.24, 2.45) is 5.41 Å². The molecule has 1 aliphatic heterocycles. The van der Waals surface area contributed by atoms with Crippen LogP contribution in [0.2, 0.25) is 0 Å². The molecule has 0 amide bonds. The summed E-state index contributed by atoms with van der Waals surface area (Å²) in [5, 5.41) is 3.46. The average molecular weight is 209 g/mol. The number of nitrogens with one attached hydrogen (secondary N) is 1. The maximum atomic E-state index is 5.72. The van der Waals surface area contributed by atoms with Gasteiger partial charge in [-0.25, -0.2) is 0 Å². The van der Waals surface area contributed by atoms with Crippen molar-refractivity contribution in [2.45, 2.75) is 51.5 Å². The first kappa shape index (κ1) is 11.0. The zero-order valence-electron chi connectivity index (χ0n) is 10.0. The lowest BCUT2D eigenvalue weighted by Gasteiger charge is -2.40. The largest absolute Gasteiger partial charge is 0.496 e. The second-order valence-corrected chi connectivity index (χ2v) is 5.18. The topological polar surface area (TPSA) is 21.3 Å². The van der Waals surface area contributed by atoms with Crippen LogP contribution in [0.3, 0.4) is 0 Å². The highest BCUT2D eigenvalue weighted by Crippen LogP contribution is 2.41. The van der Waals surface area contributed by atoms with E-state index in [1.165, 1.54) is 37.9 Å². The summed E-state index contributed by atoms with van der Waals surface area (Å²) in [5.74, 6) is 1.20. The molecule has 2 heteroatoms. The number of ether oxygens (including phenoxy) is 1. The van der Waals surface area contributed by atoms with Crippen LogP contribution in [-0.4, -0.2) is 19.7 Å². The molecule has 2 aliphatic rings. The summed E-state index contributed by atoms with van der Waals surface area (Å²) < 4.78 is 5.72. The number of hydrogen-bond donors (Lipinski definition) is 1. The summed E-state index contributed by atoms with van der Waals surface area (Å²) in [4.78, 5) is 0. The molecule has 86 valence electrons. The summed E-state index contributed by atoms with van der Waals surface area (Å²) in [6, 6.07) is 0.431. The second kappa shape index (κ2) is 4.56. The van der Waals surface area contributed by atoms with Crippen LogP contribution >= 0.6 is 0 Å². The Balaban J connectivity index is 2.09. The smallest absolute Gasteiger partial charge is 0.110 e. The van der Waals surface area contributed by atoms with E-state index in [1.807, 2.05) is 0 Å². The summed E-state index contributed by atoms with van der Waals surface area (Å²) in [6.07, 6.45) is 10.2. The molecule has 1 fully saturated rings. The minimum Gasteiger partial charge on any atom is -0.496 e. The molecule has 2 rings (SSSR count). The van der Waals surface area contributed by atoms with Crippen LogP contribution in [-0.2, 0) is 4.74 Å². The molecule has 0 radical (unpaired) electrons. The molecule has 0 spiro atoms. The van der Waals surface area contributed by atoms with Crippen molar-refractivity contribution in [1.29, 1.82) is 0 Å². The normalized spacial score (nSPS) is 26.9. The maximum Gasteiger partial charge on any atom is 0.110 e. The van der Waals surface area contributed by atoms with Gasteiger partial charge in [-0.2, -0.15) is 0 Å². The summed E-state index contributed by atoms with van der Waals surface area (Å²) in [7, 11) is 2.06. The van der Waals surface area contributed by atoms with Crippen LogP contribution < -0.4 is 5.32 Å². The van der Waals surface area contributed by atoms with Crippen LogP contribution in [0.15, 0.2) is 11.8 Å². The molecule has 15 heavy (non-hydrogen) atoms. The predicted molar refractivity (Wildman–Crippen MR) is 62.7 cm³/mol. The molecule has 0 aromatic heterocycles. The summed E-state index contributed by atoms with van der Waals surface area (Å²) >= 11 is 0. The monoisotopic (exact) mass is 209 g/mol. The molecule has 1 saturated carbocycles. The Morgan fingerprint density at radius 1 is 1.33 bits per heavy atom. The average Bonchev–Trinajstić information content (AvgIpc) is 2.73. The van der Waals surface area contributed by atoms with Gasteiger partial charge in [-0.1, -0.05) is 26.2 Å². The van der Waals surface area contributed by atoms with E-state index in [0.717, 1.165) is 13.0 Å². The van der Waals surface area contributed by atoms with Gasteiger partial charge in [-0.15, -0.1) is 0 Å². The van der Waals surface area contributed by atoms with Gasteiger partial charge >= 0.3 is 0 Å². The van der Waals surface area contributed by atoms with Gasteiger partial charge in [0.05, 0.1) is 12.6 Å². The molecule has 0 saturated heterocycles. The first-order valence-corrected chi connectivity index (χ1v) is 6.26. The second-order valence-electron chi connectivity index (χ2n) is 5.18. The fourth-order valence-electron chi connectivity index (χ4n) is 3.12. The third-order valence-electron chi connectivity index (χ3n) is 4.00. The Morgan fingerprint density at radius 3 is 2.60 bits per heavy atom. The Hall–Kier alpha value is -0.500. The minimum absolute atomic E-state index is 0.406. The summed E-state index contributed by atoms with van der Waals surface area (Å²) in [6.45, 7) is 3.29. The van der Waals surface area contributed by atoms with Crippen LogP contribution in [0.4, 0.5) is 0 Å². The standard InChI is InChI=1S/C13H23NO/c1-13(8-4-3-5-9-13)12(14-2)11-7-6-10-15-11/h7,12,14H,3-6,8-10H2,1-2H3. The van der Waals surface area contributed by atoms with E-state index in [0.29, 0.717) is 11.5 Å². The molecule has 1 unspecified atom stereocenters. The lowest BCUT2D eigenvalue weighted by atomic mass is 9.70. The molecule has 0 bridgehead atoms. The minimum atomic E-state index is 0.406. The fraction of sp³-hybridized carbons (Fsp3) is 0.846. The molecular formula is C13H23NO. The number of rotatable bonds is 3. The zero-order chi connectivity index (χ0) is 10.7. The fourth-order valence-corrected chi connectivity index (χ4v) is 3.12. The Morgan fingerprint density at radius 2 is 2.07 bits per heavy atom. The van der Waals surface area contributed by atoms with Crippen LogP contribution in [0.1, 0.15) is 45.4 Å². The van der Waals surface area contributed by atoms with Crippen molar-refractivity contribution in [2.75, 3.05) is 13.7 Å². The van der Waals surface area contributed by atoms with Crippen LogP contribution in [0, 0.1) is 5.41 Å². The Bertz CT molecular complexity index is 241. The third-order valence-corrected chi connectivity index (χ3v) is 4.00. The van der Waals surface area contributed by atoms with E-state index < -0.39 is 0 Å². The summed E-state index contributed by atoms with van der Waals surface area (Å²) in [5.41, 5.74) is 0.406. The van der Waals surface area contributed by atoms with Gasteiger partial charge in [0.25, 0.3) is 0 Å². The van der Waals surface area contributed by atoms with Crippen molar-refractivity contribution >= 4 is 0 Å². The lowest BCUT2D eigenvalue weighted by molar-refractivity contribution is 0.115. The SMILES string of the molecule is CNC(C1=CCCO1)C1(C)CCCCC1. The van der Waals surface area contributed by atoms with Crippen molar-refractivity contribution in [3.8, 4) is 0 Å². The number of hydrogen-bond acceptors (Lipinski definition) is 2. The molecule has 1 atom stereocenters. The van der Waals surface area contributed by atoms with E-state index in [4.69, 9.17) is 4.74 Å². The highest BCUT2D eigenvalue weighted by Gasteiger charge is 2.38. The van der Waals surface area contributed by atoms with Gasteiger partial charge in [-0.3, -0.25) is 0 Å². The van der Waals surface area contributed by atoms with Crippen LogP contribution in [0.25, 0.3) is 0 Å². The Labute approximate surface area is 93.1 Å². The van der Waals surface area contributed by atoms with E-state index in [1.54, 1.807) is 0 Å². The van der Waals surface area contributed by atoms with E-state index >= 15 is 0 Å². The molecule has 0 aromatic rings. The van der Waals surface area contributed by atoms with Gasteiger partial charge in [-0.05, 0) is 31.4 Å². The maximum absolute atomic E-state index is 5.72.